The van der Waals surface area contributed by atoms with Gasteiger partial charge in [-0.25, -0.2) is 0 Å². The van der Waals surface area contributed by atoms with E-state index < -0.39 is 9.85 Å². The molecule has 0 spiro atoms. The summed E-state index contributed by atoms with van der Waals surface area (Å²) in [4.78, 5) is 31.0. The van der Waals surface area contributed by atoms with Gasteiger partial charge < -0.3 is 0 Å². The van der Waals surface area contributed by atoms with E-state index in [9.17, 15) is 25.0 Å². The molecule has 0 heterocycles. The number of non-ortho nitro benzene ring substituents is 1. The Hall–Kier alpha value is -2.83. The van der Waals surface area contributed by atoms with Crippen molar-refractivity contribution < 1.29 is 14.6 Å². The second kappa shape index (κ2) is 4.21. The number of carbonyl (C=O) groups excluding carboxylic acids is 1. The maximum absolute atomic E-state index is 10.9. The van der Waals surface area contributed by atoms with Gasteiger partial charge in [0, 0.05) is 12.1 Å². The Labute approximate surface area is 99.9 Å². The Morgan fingerprint density at radius 1 is 1.00 bits per heavy atom. The van der Waals surface area contributed by atoms with Gasteiger partial charge in [-0.3, -0.25) is 25.0 Å². The average molecular weight is 246 g/mol. The molecule has 0 unspecified atom stereocenters. The van der Waals surface area contributed by atoms with Crippen LogP contribution in [0.15, 0.2) is 30.3 Å². The second-order valence-electron chi connectivity index (χ2n) is 3.54. The van der Waals surface area contributed by atoms with Crippen LogP contribution in [-0.2, 0) is 0 Å². The second-order valence-corrected chi connectivity index (χ2v) is 3.54. The lowest BCUT2D eigenvalue weighted by atomic mass is 10.0. The molecule has 0 aliphatic carbocycles. The molecule has 18 heavy (non-hydrogen) atoms. The van der Waals surface area contributed by atoms with Crippen molar-refractivity contribution in [2.45, 2.75) is 0 Å². The average Bonchev–Trinajstić information content (AvgIpc) is 2.36. The third-order valence-electron chi connectivity index (χ3n) is 2.53. The lowest BCUT2D eigenvalue weighted by Crippen LogP contribution is -1.96. The van der Waals surface area contributed by atoms with Crippen LogP contribution in [0.1, 0.15) is 10.4 Å². The van der Waals surface area contributed by atoms with Crippen molar-refractivity contribution in [2.24, 2.45) is 0 Å². The highest BCUT2D eigenvalue weighted by Crippen LogP contribution is 2.31. The van der Waals surface area contributed by atoms with E-state index in [0.717, 1.165) is 0 Å². The van der Waals surface area contributed by atoms with Crippen LogP contribution < -0.4 is 0 Å². The third kappa shape index (κ3) is 1.77. The SMILES string of the molecule is O=Cc1ccc2cc([N+](=O)[O-])ccc2c1[N+](=O)[O-]. The maximum Gasteiger partial charge on any atom is 0.287 e. The van der Waals surface area contributed by atoms with Crippen LogP contribution >= 0.6 is 0 Å². The van der Waals surface area contributed by atoms with Crippen molar-refractivity contribution in [2.75, 3.05) is 0 Å². The predicted octanol–water partition coefficient (Wildman–Crippen LogP) is 2.47. The Balaban J connectivity index is 2.82. The topological polar surface area (TPSA) is 103 Å². The fourth-order valence-corrected chi connectivity index (χ4v) is 1.73. The van der Waals surface area contributed by atoms with Crippen molar-refractivity contribution in [1.29, 1.82) is 0 Å². The molecule has 0 radical (unpaired) electrons. The molecule has 2 aromatic rings. The molecule has 0 amide bonds. The lowest BCUT2D eigenvalue weighted by Gasteiger charge is -2.01. The van der Waals surface area contributed by atoms with Crippen LogP contribution in [0.5, 0.6) is 0 Å². The van der Waals surface area contributed by atoms with Crippen LogP contribution in [0.25, 0.3) is 10.8 Å². The molecule has 0 aliphatic heterocycles. The summed E-state index contributed by atoms with van der Waals surface area (Å²) in [5.41, 5.74) is -0.547. The van der Waals surface area contributed by atoms with Crippen LogP contribution in [0.3, 0.4) is 0 Å². The highest BCUT2D eigenvalue weighted by atomic mass is 16.6. The molecule has 0 bridgehead atoms. The van der Waals surface area contributed by atoms with Crippen molar-refractivity contribution >= 4 is 28.4 Å². The molecule has 0 aliphatic rings. The summed E-state index contributed by atoms with van der Waals surface area (Å²) in [5, 5.41) is 22.1. The first-order valence-corrected chi connectivity index (χ1v) is 4.85. The van der Waals surface area contributed by atoms with Crippen molar-refractivity contribution in [3.05, 3.63) is 56.1 Å². The van der Waals surface area contributed by atoms with E-state index in [4.69, 9.17) is 0 Å². The Morgan fingerprint density at radius 2 is 1.72 bits per heavy atom. The molecular weight excluding hydrogens is 240 g/mol. The molecule has 0 fully saturated rings. The van der Waals surface area contributed by atoms with Crippen molar-refractivity contribution in [1.82, 2.24) is 0 Å². The molecule has 7 heteroatoms. The Kier molecular flexibility index (Phi) is 2.72. The number of benzene rings is 2. The number of nitro benzene ring substituents is 2. The number of nitrogens with zero attached hydrogens (tertiary/aromatic N) is 2. The number of fused-ring (bicyclic) bond motifs is 1. The van der Waals surface area contributed by atoms with Gasteiger partial charge in [-0.05, 0) is 17.5 Å². The fraction of sp³-hybridized carbons (Fsp3) is 0. The number of hydrogen-bond donors (Lipinski definition) is 0. The molecule has 0 saturated carbocycles. The smallest absolute Gasteiger partial charge is 0.287 e. The zero-order valence-corrected chi connectivity index (χ0v) is 8.90. The summed E-state index contributed by atoms with van der Waals surface area (Å²) in [6, 6.07) is 6.40. The summed E-state index contributed by atoms with van der Waals surface area (Å²) in [7, 11) is 0. The normalized spacial score (nSPS) is 10.2. The van der Waals surface area contributed by atoms with E-state index in [1.54, 1.807) is 0 Å². The largest absolute Gasteiger partial charge is 0.298 e. The lowest BCUT2D eigenvalue weighted by molar-refractivity contribution is -0.385. The van der Waals surface area contributed by atoms with Gasteiger partial charge >= 0.3 is 0 Å². The van der Waals surface area contributed by atoms with E-state index >= 15 is 0 Å². The number of carbonyl (C=O) groups is 1. The minimum absolute atomic E-state index is 0.0543. The first-order chi connectivity index (χ1) is 8.54. The van der Waals surface area contributed by atoms with Crippen molar-refractivity contribution in [3.8, 4) is 0 Å². The molecule has 7 nitrogen and oxygen atoms in total. The molecular formula is C11H6N2O5. The summed E-state index contributed by atoms with van der Waals surface area (Å²) in [6.07, 6.45) is 0.388. The van der Waals surface area contributed by atoms with Gasteiger partial charge in [-0.15, -0.1) is 0 Å². The van der Waals surface area contributed by atoms with Gasteiger partial charge in [0.25, 0.3) is 11.4 Å². The van der Waals surface area contributed by atoms with E-state index in [0.29, 0.717) is 11.7 Å². The highest BCUT2D eigenvalue weighted by Gasteiger charge is 2.19. The molecule has 2 rings (SSSR count). The van der Waals surface area contributed by atoms with Crippen LogP contribution in [0.4, 0.5) is 11.4 Å². The maximum atomic E-state index is 10.9. The predicted molar refractivity (Wildman–Crippen MR) is 62.6 cm³/mol. The first kappa shape index (κ1) is 11.6. The van der Waals surface area contributed by atoms with Gasteiger partial charge in [-0.2, -0.15) is 0 Å². The number of aldehydes is 1. The Bertz CT molecular complexity index is 680. The van der Waals surface area contributed by atoms with Gasteiger partial charge in [0.15, 0.2) is 6.29 Å². The summed E-state index contributed by atoms with van der Waals surface area (Å²) in [5.74, 6) is 0. The highest BCUT2D eigenvalue weighted by molar-refractivity contribution is 5.99. The van der Waals surface area contributed by atoms with Crippen LogP contribution in [0.2, 0.25) is 0 Å². The standard InChI is InChI=1S/C11H6N2O5/c14-6-8-2-1-7-5-9(12(15)16)3-4-10(7)11(8)13(17)18/h1-6H. The van der Waals surface area contributed by atoms with E-state index in [1.165, 1.54) is 30.3 Å². The summed E-state index contributed by atoms with van der Waals surface area (Å²) < 4.78 is 0. The molecule has 0 N–H and O–H groups in total. The molecule has 0 saturated heterocycles. The molecule has 2 aromatic carbocycles. The fourth-order valence-electron chi connectivity index (χ4n) is 1.73. The quantitative estimate of drug-likeness (QED) is 0.470. The molecule has 0 atom stereocenters. The minimum Gasteiger partial charge on any atom is -0.298 e. The van der Waals surface area contributed by atoms with Crippen molar-refractivity contribution in [3.63, 3.8) is 0 Å². The molecule has 90 valence electrons. The summed E-state index contributed by atoms with van der Waals surface area (Å²) >= 11 is 0. The third-order valence-corrected chi connectivity index (χ3v) is 2.53. The van der Waals surface area contributed by atoms with Crippen LogP contribution in [-0.4, -0.2) is 16.1 Å². The number of rotatable bonds is 3. The number of nitro groups is 2. The zero-order chi connectivity index (χ0) is 13.3. The zero-order valence-electron chi connectivity index (χ0n) is 8.90. The van der Waals surface area contributed by atoms with Gasteiger partial charge in [-0.1, -0.05) is 6.07 Å². The monoisotopic (exact) mass is 246 g/mol. The van der Waals surface area contributed by atoms with Gasteiger partial charge in [0.2, 0.25) is 0 Å². The minimum atomic E-state index is -0.669. The Morgan fingerprint density at radius 3 is 2.28 bits per heavy atom. The van der Waals surface area contributed by atoms with E-state index in [-0.39, 0.29) is 22.3 Å². The number of hydrogen-bond acceptors (Lipinski definition) is 5. The molecule has 0 aromatic heterocycles. The van der Waals surface area contributed by atoms with E-state index in [1.807, 2.05) is 0 Å². The first-order valence-electron chi connectivity index (χ1n) is 4.85. The van der Waals surface area contributed by atoms with Gasteiger partial charge in [0.1, 0.15) is 0 Å². The summed E-state index contributed by atoms with van der Waals surface area (Å²) in [6.45, 7) is 0. The van der Waals surface area contributed by atoms with Crippen LogP contribution in [0, 0.1) is 20.2 Å². The van der Waals surface area contributed by atoms with Gasteiger partial charge in [0.05, 0.1) is 20.8 Å². The van der Waals surface area contributed by atoms with E-state index in [2.05, 4.69) is 0 Å².